The van der Waals surface area contributed by atoms with Gasteiger partial charge in [-0.25, -0.2) is 0 Å². The number of non-ortho nitro benzene ring substituents is 1. The van der Waals surface area contributed by atoms with Gasteiger partial charge in [0.25, 0.3) is 5.69 Å². The van der Waals surface area contributed by atoms with Gasteiger partial charge in [0, 0.05) is 17.5 Å². The van der Waals surface area contributed by atoms with Crippen molar-refractivity contribution in [2.75, 3.05) is 0 Å². The van der Waals surface area contributed by atoms with Crippen LogP contribution in [0.1, 0.15) is 0 Å². The Balaban J connectivity index is 2.70. The van der Waals surface area contributed by atoms with Crippen LogP contribution < -0.4 is 0 Å². The largest absolute Gasteiger partial charge is 0.411 e. The standard InChI is InChI=1S/C7H5N3O3/c11-9-7-2-1-6(10(12)13)3-5(7)4-8-9/h1-4,11H. The van der Waals surface area contributed by atoms with Crippen molar-refractivity contribution in [1.82, 2.24) is 9.94 Å². The van der Waals surface area contributed by atoms with Crippen LogP contribution in [-0.2, 0) is 0 Å². The molecule has 0 amide bonds. The molecule has 0 fully saturated rings. The van der Waals surface area contributed by atoms with E-state index in [-0.39, 0.29) is 5.69 Å². The fraction of sp³-hybridized carbons (Fsp3) is 0. The van der Waals surface area contributed by atoms with Crippen LogP contribution in [0.4, 0.5) is 5.69 Å². The molecule has 0 spiro atoms. The van der Waals surface area contributed by atoms with Crippen LogP contribution in [0.15, 0.2) is 24.4 Å². The molecule has 0 saturated heterocycles. The van der Waals surface area contributed by atoms with E-state index in [1.807, 2.05) is 0 Å². The molecule has 0 aliphatic rings. The molecule has 0 aliphatic heterocycles. The van der Waals surface area contributed by atoms with Crippen LogP contribution in [-0.4, -0.2) is 20.1 Å². The first-order valence-corrected chi connectivity index (χ1v) is 3.50. The summed E-state index contributed by atoms with van der Waals surface area (Å²) in [6.07, 6.45) is 1.36. The van der Waals surface area contributed by atoms with Gasteiger partial charge in [-0.15, -0.1) is 9.94 Å². The number of hydrogen-bond acceptors (Lipinski definition) is 4. The molecule has 66 valence electrons. The van der Waals surface area contributed by atoms with Gasteiger partial charge in [-0.2, -0.15) is 0 Å². The van der Waals surface area contributed by atoms with Crippen molar-refractivity contribution in [3.63, 3.8) is 0 Å². The lowest BCUT2D eigenvalue weighted by Gasteiger charge is -1.92. The summed E-state index contributed by atoms with van der Waals surface area (Å²) in [7, 11) is 0. The molecular formula is C7H5N3O3. The molecule has 6 nitrogen and oxygen atoms in total. The lowest BCUT2D eigenvalue weighted by molar-refractivity contribution is -0.384. The third-order valence-electron chi connectivity index (χ3n) is 1.74. The van der Waals surface area contributed by atoms with Crippen LogP contribution in [0.5, 0.6) is 0 Å². The predicted octanol–water partition coefficient (Wildman–Crippen LogP) is 1.18. The molecule has 2 aromatic rings. The molecule has 0 unspecified atom stereocenters. The number of nitrogens with zero attached hydrogens (tertiary/aromatic N) is 3. The highest BCUT2D eigenvalue weighted by atomic mass is 16.6. The van der Waals surface area contributed by atoms with Gasteiger partial charge in [-0.1, -0.05) is 0 Å². The summed E-state index contributed by atoms with van der Waals surface area (Å²) in [5.41, 5.74) is 0.436. The molecule has 0 radical (unpaired) electrons. The van der Waals surface area contributed by atoms with Gasteiger partial charge in [0.2, 0.25) is 0 Å². The third-order valence-corrected chi connectivity index (χ3v) is 1.74. The molecule has 0 aliphatic carbocycles. The monoisotopic (exact) mass is 179 g/mol. The first kappa shape index (κ1) is 7.53. The Kier molecular flexibility index (Phi) is 1.42. The van der Waals surface area contributed by atoms with Gasteiger partial charge in [-0.05, 0) is 6.07 Å². The minimum Gasteiger partial charge on any atom is -0.411 e. The van der Waals surface area contributed by atoms with E-state index in [1.54, 1.807) is 0 Å². The highest BCUT2D eigenvalue weighted by molar-refractivity contribution is 5.80. The zero-order chi connectivity index (χ0) is 9.42. The maximum absolute atomic E-state index is 10.4. The van der Waals surface area contributed by atoms with E-state index in [0.717, 1.165) is 0 Å². The quantitative estimate of drug-likeness (QED) is 0.405. The maximum atomic E-state index is 10.4. The molecule has 0 saturated carbocycles. The Morgan fingerprint density at radius 3 is 3.00 bits per heavy atom. The van der Waals surface area contributed by atoms with E-state index in [9.17, 15) is 10.1 Å². The average Bonchev–Trinajstić information content (AvgIpc) is 2.47. The Morgan fingerprint density at radius 1 is 1.54 bits per heavy atom. The summed E-state index contributed by atoms with van der Waals surface area (Å²) < 4.78 is 0. The number of hydrogen-bond donors (Lipinski definition) is 1. The van der Waals surface area contributed by atoms with E-state index in [1.165, 1.54) is 24.4 Å². The highest BCUT2D eigenvalue weighted by Crippen LogP contribution is 2.19. The van der Waals surface area contributed by atoms with Crippen molar-refractivity contribution in [2.45, 2.75) is 0 Å². The second-order valence-electron chi connectivity index (χ2n) is 2.53. The van der Waals surface area contributed by atoms with E-state index in [0.29, 0.717) is 15.7 Å². The van der Waals surface area contributed by atoms with E-state index in [2.05, 4.69) is 5.10 Å². The normalized spacial score (nSPS) is 10.5. The van der Waals surface area contributed by atoms with E-state index >= 15 is 0 Å². The topological polar surface area (TPSA) is 81.2 Å². The van der Waals surface area contributed by atoms with Crippen LogP contribution in [0, 0.1) is 10.1 Å². The summed E-state index contributed by atoms with van der Waals surface area (Å²) in [5.74, 6) is 0. The van der Waals surface area contributed by atoms with Crippen molar-refractivity contribution >= 4 is 16.6 Å². The minimum atomic E-state index is -0.492. The number of rotatable bonds is 1. The average molecular weight is 179 g/mol. The fourth-order valence-electron chi connectivity index (χ4n) is 1.12. The fourth-order valence-corrected chi connectivity index (χ4v) is 1.12. The molecule has 0 atom stereocenters. The molecular weight excluding hydrogens is 174 g/mol. The van der Waals surface area contributed by atoms with Crippen molar-refractivity contribution in [2.24, 2.45) is 0 Å². The van der Waals surface area contributed by atoms with Gasteiger partial charge in [-0.3, -0.25) is 10.1 Å². The van der Waals surface area contributed by atoms with Gasteiger partial charge in [0.15, 0.2) is 0 Å². The van der Waals surface area contributed by atoms with Crippen molar-refractivity contribution in [1.29, 1.82) is 0 Å². The van der Waals surface area contributed by atoms with Crippen molar-refractivity contribution in [3.8, 4) is 0 Å². The number of nitro groups is 1. The lowest BCUT2D eigenvalue weighted by atomic mass is 10.2. The number of benzene rings is 1. The van der Waals surface area contributed by atoms with Gasteiger partial charge in [0.1, 0.15) is 5.52 Å². The van der Waals surface area contributed by atoms with Crippen molar-refractivity contribution in [3.05, 3.63) is 34.5 Å². The Hall–Kier alpha value is -2.11. The van der Waals surface area contributed by atoms with Gasteiger partial charge in [0.05, 0.1) is 11.1 Å². The lowest BCUT2D eigenvalue weighted by Crippen LogP contribution is -1.91. The zero-order valence-corrected chi connectivity index (χ0v) is 6.41. The van der Waals surface area contributed by atoms with Gasteiger partial charge < -0.3 is 5.21 Å². The molecule has 1 N–H and O–H groups in total. The Labute approximate surface area is 72.1 Å². The smallest absolute Gasteiger partial charge is 0.270 e. The van der Waals surface area contributed by atoms with Crippen LogP contribution in [0.25, 0.3) is 10.9 Å². The Bertz CT molecular complexity index is 477. The summed E-state index contributed by atoms with van der Waals surface area (Å²) in [6, 6.07) is 4.12. The molecule has 0 bridgehead atoms. The third kappa shape index (κ3) is 1.08. The summed E-state index contributed by atoms with van der Waals surface area (Å²) >= 11 is 0. The SMILES string of the molecule is O=[N+]([O-])c1ccc2c(cnn2O)c1. The molecule has 13 heavy (non-hydrogen) atoms. The second-order valence-corrected chi connectivity index (χ2v) is 2.53. The summed E-state index contributed by atoms with van der Waals surface area (Å²) in [4.78, 5) is 10.6. The van der Waals surface area contributed by atoms with E-state index in [4.69, 9.17) is 5.21 Å². The molecule has 1 aromatic carbocycles. The number of nitro benzene ring substituents is 1. The minimum absolute atomic E-state index is 0.0134. The maximum Gasteiger partial charge on any atom is 0.270 e. The highest BCUT2D eigenvalue weighted by Gasteiger charge is 2.08. The first-order chi connectivity index (χ1) is 6.18. The molecule has 2 rings (SSSR count). The predicted molar refractivity (Wildman–Crippen MR) is 43.6 cm³/mol. The number of aromatic nitrogens is 2. The van der Waals surface area contributed by atoms with Crippen LogP contribution >= 0.6 is 0 Å². The van der Waals surface area contributed by atoms with Crippen molar-refractivity contribution < 1.29 is 10.1 Å². The zero-order valence-electron chi connectivity index (χ0n) is 6.41. The first-order valence-electron chi connectivity index (χ1n) is 3.50. The summed E-state index contributed by atoms with van der Waals surface area (Å²) in [6.45, 7) is 0. The number of fused-ring (bicyclic) bond motifs is 1. The van der Waals surface area contributed by atoms with Crippen LogP contribution in [0.2, 0.25) is 0 Å². The van der Waals surface area contributed by atoms with Crippen LogP contribution in [0.3, 0.4) is 0 Å². The van der Waals surface area contributed by atoms with E-state index < -0.39 is 4.92 Å². The Morgan fingerprint density at radius 2 is 2.31 bits per heavy atom. The molecule has 1 aromatic heterocycles. The molecule has 1 heterocycles. The second kappa shape index (κ2) is 2.44. The summed E-state index contributed by atoms with van der Waals surface area (Å²) in [5, 5.41) is 23.5. The van der Waals surface area contributed by atoms with Gasteiger partial charge >= 0.3 is 0 Å². The molecule has 6 heteroatoms.